The van der Waals surface area contributed by atoms with Crippen LogP contribution in [0.3, 0.4) is 0 Å². The van der Waals surface area contributed by atoms with Crippen molar-refractivity contribution in [2.45, 2.75) is 25.5 Å². The molecule has 2 N–H and O–H groups in total. The van der Waals surface area contributed by atoms with Crippen molar-refractivity contribution in [1.82, 2.24) is 4.90 Å². The van der Waals surface area contributed by atoms with Crippen LogP contribution in [0.5, 0.6) is 0 Å². The lowest BCUT2D eigenvalue weighted by molar-refractivity contribution is -0.162. The van der Waals surface area contributed by atoms with Crippen LogP contribution in [0.2, 0.25) is 5.02 Å². The zero-order chi connectivity index (χ0) is 13.9. The average Bonchev–Trinajstić information content (AvgIpc) is 2.37. The van der Waals surface area contributed by atoms with Gasteiger partial charge in [0.15, 0.2) is 0 Å². The number of amides is 1. The third-order valence-electron chi connectivity index (χ3n) is 3.38. The molecule has 0 saturated carbocycles. The van der Waals surface area contributed by atoms with Crippen molar-refractivity contribution < 1.29 is 9.53 Å². The van der Waals surface area contributed by atoms with Crippen LogP contribution in [-0.2, 0) is 16.1 Å². The number of rotatable bonds is 4. The van der Waals surface area contributed by atoms with E-state index < -0.39 is 0 Å². The molecule has 19 heavy (non-hydrogen) atoms. The molecule has 1 fully saturated rings. The van der Waals surface area contributed by atoms with E-state index in [-0.39, 0.29) is 18.1 Å². The van der Waals surface area contributed by atoms with Crippen molar-refractivity contribution in [2.24, 2.45) is 5.73 Å². The Morgan fingerprint density at radius 2 is 2.11 bits per heavy atom. The maximum Gasteiger partial charge on any atom is 0.248 e. The standard InChI is InChI=1S/C14H19ClN2O2/c1-14(6-7-16)10-17(13(18)9-19-14)8-11-2-4-12(15)5-3-11/h2-5H,6-10,16H2,1H3. The Bertz CT molecular complexity index is 449. The molecular formula is C14H19ClN2O2. The molecular weight excluding hydrogens is 264 g/mol. The summed E-state index contributed by atoms with van der Waals surface area (Å²) in [4.78, 5) is 13.7. The van der Waals surface area contributed by atoms with Gasteiger partial charge in [-0.05, 0) is 37.6 Å². The summed E-state index contributed by atoms with van der Waals surface area (Å²) in [5, 5.41) is 0.699. The molecule has 1 aliphatic rings. The van der Waals surface area contributed by atoms with Crippen molar-refractivity contribution in [2.75, 3.05) is 19.7 Å². The Morgan fingerprint density at radius 1 is 1.42 bits per heavy atom. The SMILES string of the molecule is CC1(CCN)CN(Cc2ccc(Cl)cc2)C(=O)CO1. The summed E-state index contributed by atoms with van der Waals surface area (Å²) in [6, 6.07) is 7.54. The number of carbonyl (C=O) groups excluding carboxylic acids is 1. The predicted octanol–water partition coefficient (Wildman–Crippen LogP) is 1.81. The normalized spacial score (nSPS) is 23.7. The van der Waals surface area contributed by atoms with Gasteiger partial charge < -0.3 is 15.4 Å². The molecule has 0 aliphatic carbocycles. The molecule has 0 radical (unpaired) electrons. The lowest BCUT2D eigenvalue weighted by Gasteiger charge is -2.40. The van der Waals surface area contributed by atoms with E-state index in [1.807, 2.05) is 36.1 Å². The summed E-state index contributed by atoms with van der Waals surface area (Å²) in [6.07, 6.45) is 0.747. The van der Waals surface area contributed by atoms with Crippen LogP contribution in [0.15, 0.2) is 24.3 Å². The first kappa shape index (κ1) is 14.3. The van der Waals surface area contributed by atoms with Gasteiger partial charge in [-0.2, -0.15) is 0 Å². The fourth-order valence-corrected chi connectivity index (χ4v) is 2.40. The second-order valence-corrected chi connectivity index (χ2v) is 5.59. The first-order valence-electron chi connectivity index (χ1n) is 6.39. The fourth-order valence-electron chi connectivity index (χ4n) is 2.28. The maximum absolute atomic E-state index is 11.9. The molecule has 1 aliphatic heterocycles. The van der Waals surface area contributed by atoms with E-state index in [2.05, 4.69) is 0 Å². The van der Waals surface area contributed by atoms with E-state index in [1.165, 1.54) is 0 Å². The third-order valence-corrected chi connectivity index (χ3v) is 3.63. The van der Waals surface area contributed by atoms with E-state index in [9.17, 15) is 4.79 Å². The van der Waals surface area contributed by atoms with Crippen LogP contribution in [0.4, 0.5) is 0 Å². The van der Waals surface area contributed by atoms with Gasteiger partial charge in [0.25, 0.3) is 0 Å². The highest BCUT2D eigenvalue weighted by molar-refractivity contribution is 6.30. The summed E-state index contributed by atoms with van der Waals surface area (Å²) >= 11 is 5.86. The predicted molar refractivity (Wildman–Crippen MR) is 74.9 cm³/mol. The molecule has 0 bridgehead atoms. The van der Waals surface area contributed by atoms with E-state index in [1.54, 1.807) is 0 Å². The zero-order valence-corrected chi connectivity index (χ0v) is 11.8. The van der Waals surface area contributed by atoms with Crippen molar-refractivity contribution >= 4 is 17.5 Å². The summed E-state index contributed by atoms with van der Waals surface area (Å²) < 4.78 is 5.61. The second kappa shape index (κ2) is 5.90. The Labute approximate surface area is 118 Å². The molecule has 4 nitrogen and oxygen atoms in total. The molecule has 1 amide bonds. The number of nitrogens with zero attached hydrogens (tertiary/aromatic N) is 1. The van der Waals surface area contributed by atoms with Crippen molar-refractivity contribution in [3.8, 4) is 0 Å². The minimum absolute atomic E-state index is 0.0180. The number of halogens is 1. The molecule has 0 spiro atoms. The van der Waals surface area contributed by atoms with Crippen molar-refractivity contribution in [3.63, 3.8) is 0 Å². The first-order valence-corrected chi connectivity index (χ1v) is 6.76. The molecule has 1 saturated heterocycles. The summed E-state index contributed by atoms with van der Waals surface area (Å²) in [7, 11) is 0. The van der Waals surface area contributed by atoms with E-state index >= 15 is 0 Å². The summed E-state index contributed by atoms with van der Waals surface area (Å²) in [5.74, 6) is 0.0180. The van der Waals surface area contributed by atoms with E-state index in [0.29, 0.717) is 24.7 Å². The van der Waals surface area contributed by atoms with Gasteiger partial charge in [-0.1, -0.05) is 23.7 Å². The van der Waals surface area contributed by atoms with Gasteiger partial charge in [0, 0.05) is 18.1 Å². The molecule has 1 aromatic rings. The lowest BCUT2D eigenvalue weighted by atomic mass is 9.99. The highest BCUT2D eigenvalue weighted by Gasteiger charge is 2.35. The van der Waals surface area contributed by atoms with E-state index in [4.69, 9.17) is 22.1 Å². The average molecular weight is 283 g/mol. The third kappa shape index (κ3) is 3.69. The minimum Gasteiger partial charge on any atom is -0.364 e. The van der Waals surface area contributed by atoms with Gasteiger partial charge in [0.1, 0.15) is 6.61 Å². The Hall–Kier alpha value is -1.10. The molecule has 5 heteroatoms. The van der Waals surface area contributed by atoms with Gasteiger partial charge in [0.05, 0.1) is 5.60 Å². The molecule has 1 heterocycles. The van der Waals surface area contributed by atoms with Crippen LogP contribution in [0, 0.1) is 0 Å². The molecule has 2 rings (SSSR count). The van der Waals surface area contributed by atoms with Gasteiger partial charge in [-0.25, -0.2) is 0 Å². The number of morpholine rings is 1. The topological polar surface area (TPSA) is 55.6 Å². The zero-order valence-electron chi connectivity index (χ0n) is 11.1. The van der Waals surface area contributed by atoms with Crippen molar-refractivity contribution in [1.29, 1.82) is 0 Å². The van der Waals surface area contributed by atoms with Gasteiger partial charge in [-0.15, -0.1) is 0 Å². The molecule has 1 atom stereocenters. The Balaban J connectivity index is 2.05. The smallest absolute Gasteiger partial charge is 0.248 e. The minimum atomic E-state index is -0.338. The number of nitrogens with two attached hydrogens (primary N) is 1. The quantitative estimate of drug-likeness (QED) is 0.916. The van der Waals surface area contributed by atoms with Gasteiger partial charge in [-0.3, -0.25) is 4.79 Å². The summed E-state index contributed by atoms with van der Waals surface area (Å²) in [6.45, 7) is 3.84. The number of carbonyl (C=O) groups is 1. The highest BCUT2D eigenvalue weighted by atomic mass is 35.5. The van der Waals surface area contributed by atoms with Gasteiger partial charge >= 0.3 is 0 Å². The largest absolute Gasteiger partial charge is 0.364 e. The Kier molecular flexibility index (Phi) is 4.45. The molecule has 104 valence electrons. The van der Waals surface area contributed by atoms with E-state index in [0.717, 1.165) is 12.0 Å². The Morgan fingerprint density at radius 3 is 2.74 bits per heavy atom. The second-order valence-electron chi connectivity index (χ2n) is 5.15. The van der Waals surface area contributed by atoms with Crippen LogP contribution in [-0.4, -0.2) is 36.1 Å². The first-order chi connectivity index (χ1) is 9.02. The molecule has 0 aromatic heterocycles. The molecule has 1 unspecified atom stereocenters. The number of ether oxygens (including phenoxy) is 1. The monoisotopic (exact) mass is 282 g/mol. The molecule has 1 aromatic carbocycles. The van der Waals surface area contributed by atoms with Crippen LogP contribution >= 0.6 is 11.6 Å². The maximum atomic E-state index is 11.9. The number of hydrogen-bond acceptors (Lipinski definition) is 3. The lowest BCUT2D eigenvalue weighted by Crippen LogP contribution is -2.53. The van der Waals surface area contributed by atoms with Crippen LogP contribution < -0.4 is 5.73 Å². The van der Waals surface area contributed by atoms with Gasteiger partial charge in [0.2, 0.25) is 5.91 Å². The number of benzene rings is 1. The summed E-state index contributed by atoms with van der Waals surface area (Å²) in [5.41, 5.74) is 6.32. The van der Waals surface area contributed by atoms with Crippen LogP contribution in [0.25, 0.3) is 0 Å². The number of hydrogen-bond donors (Lipinski definition) is 1. The highest BCUT2D eigenvalue weighted by Crippen LogP contribution is 2.23. The fraction of sp³-hybridized carbons (Fsp3) is 0.500. The van der Waals surface area contributed by atoms with Crippen molar-refractivity contribution in [3.05, 3.63) is 34.9 Å². The van der Waals surface area contributed by atoms with Crippen LogP contribution in [0.1, 0.15) is 18.9 Å².